The van der Waals surface area contributed by atoms with Gasteiger partial charge in [0.15, 0.2) is 0 Å². The lowest BCUT2D eigenvalue weighted by Gasteiger charge is -2.07. The SMILES string of the molecule is CNc1cc(-c2cnn(C)c2)nc(Cc2ccccc2)n1. The molecule has 0 amide bonds. The van der Waals surface area contributed by atoms with Crippen molar-refractivity contribution in [1.29, 1.82) is 0 Å². The molecule has 0 spiro atoms. The lowest BCUT2D eigenvalue weighted by Crippen LogP contribution is -2.02. The number of rotatable bonds is 4. The van der Waals surface area contributed by atoms with Gasteiger partial charge in [-0.3, -0.25) is 4.68 Å². The number of hydrogen-bond acceptors (Lipinski definition) is 4. The fourth-order valence-electron chi connectivity index (χ4n) is 2.18. The van der Waals surface area contributed by atoms with E-state index in [1.54, 1.807) is 4.68 Å². The molecule has 0 atom stereocenters. The summed E-state index contributed by atoms with van der Waals surface area (Å²) in [5.41, 5.74) is 3.07. The average molecular weight is 279 g/mol. The summed E-state index contributed by atoms with van der Waals surface area (Å²) in [4.78, 5) is 9.19. The Morgan fingerprint density at radius 1 is 1.14 bits per heavy atom. The Morgan fingerprint density at radius 3 is 2.62 bits per heavy atom. The molecule has 21 heavy (non-hydrogen) atoms. The third-order valence-corrected chi connectivity index (χ3v) is 3.23. The Balaban J connectivity index is 1.97. The van der Waals surface area contributed by atoms with Crippen LogP contribution in [-0.4, -0.2) is 26.8 Å². The van der Waals surface area contributed by atoms with Gasteiger partial charge in [-0.2, -0.15) is 5.10 Å². The van der Waals surface area contributed by atoms with Crippen LogP contribution in [0.25, 0.3) is 11.3 Å². The molecule has 0 aliphatic rings. The van der Waals surface area contributed by atoms with E-state index in [1.165, 1.54) is 5.56 Å². The number of nitrogens with zero attached hydrogens (tertiary/aromatic N) is 4. The van der Waals surface area contributed by atoms with Crippen molar-refractivity contribution in [3.63, 3.8) is 0 Å². The Morgan fingerprint density at radius 2 is 1.95 bits per heavy atom. The smallest absolute Gasteiger partial charge is 0.135 e. The van der Waals surface area contributed by atoms with Crippen LogP contribution in [0.5, 0.6) is 0 Å². The zero-order chi connectivity index (χ0) is 14.7. The summed E-state index contributed by atoms with van der Waals surface area (Å²) in [6.45, 7) is 0. The van der Waals surface area contributed by atoms with E-state index in [9.17, 15) is 0 Å². The number of aryl methyl sites for hydroxylation is 1. The molecule has 3 rings (SSSR count). The van der Waals surface area contributed by atoms with Crippen LogP contribution in [0.3, 0.4) is 0 Å². The second kappa shape index (κ2) is 5.75. The van der Waals surface area contributed by atoms with Gasteiger partial charge in [0.25, 0.3) is 0 Å². The summed E-state index contributed by atoms with van der Waals surface area (Å²) in [7, 11) is 3.76. The molecule has 0 saturated carbocycles. The van der Waals surface area contributed by atoms with Gasteiger partial charge in [-0.25, -0.2) is 9.97 Å². The fourth-order valence-corrected chi connectivity index (χ4v) is 2.18. The molecule has 0 aliphatic heterocycles. The topological polar surface area (TPSA) is 55.6 Å². The molecule has 1 N–H and O–H groups in total. The van der Waals surface area contributed by atoms with Crippen LogP contribution in [-0.2, 0) is 13.5 Å². The van der Waals surface area contributed by atoms with Crippen LogP contribution in [0.2, 0.25) is 0 Å². The molecule has 0 unspecified atom stereocenters. The Labute approximate surface area is 123 Å². The largest absolute Gasteiger partial charge is 0.373 e. The minimum Gasteiger partial charge on any atom is -0.373 e. The molecule has 5 nitrogen and oxygen atoms in total. The molecule has 0 bridgehead atoms. The minimum absolute atomic E-state index is 0.712. The van der Waals surface area contributed by atoms with Crippen molar-refractivity contribution < 1.29 is 0 Å². The van der Waals surface area contributed by atoms with Crippen molar-refractivity contribution in [2.24, 2.45) is 7.05 Å². The Hall–Kier alpha value is -2.69. The first kappa shape index (κ1) is 13.3. The van der Waals surface area contributed by atoms with Crippen LogP contribution >= 0.6 is 0 Å². The predicted octanol–water partition coefficient (Wildman–Crippen LogP) is 2.51. The third kappa shape index (κ3) is 3.08. The summed E-state index contributed by atoms with van der Waals surface area (Å²) in [6, 6.07) is 12.2. The van der Waals surface area contributed by atoms with E-state index in [2.05, 4.69) is 32.5 Å². The van der Waals surface area contributed by atoms with Gasteiger partial charge in [-0.1, -0.05) is 30.3 Å². The van der Waals surface area contributed by atoms with Crippen LogP contribution in [0.15, 0.2) is 48.8 Å². The highest BCUT2D eigenvalue weighted by molar-refractivity contribution is 5.61. The van der Waals surface area contributed by atoms with Gasteiger partial charge in [0.05, 0.1) is 11.9 Å². The number of hydrogen-bond donors (Lipinski definition) is 1. The molecule has 0 fully saturated rings. The lowest BCUT2D eigenvalue weighted by atomic mass is 10.1. The molecular formula is C16H17N5. The maximum absolute atomic E-state index is 4.66. The van der Waals surface area contributed by atoms with E-state index in [4.69, 9.17) is 0 Å². The molecule has 106 valence electrons. The maximum atomic E-state index is 4.66. The van der Waals surface area contributed by atoms with Gasteiger partial charge in [-0.15, -0.1) is 0 Å². The first-order chi connectivity index (χ1) is 10.2. The highest BCUT2D eigenvalue weighted by Gasteiger charge is 2.08. The van der Waals surface area contributed by atoms with Crippen molar-refractivity contribution in [2.45, 2.75) is 6.42 Å². The van der Waals surface area contributed by atoms with E-state index < -0.39 is 0 Å². The average Bonchev–Trinajstić information content (AvgIpc) is 2.94. The molecule has 3 aromatic rings. The first-order valence-corrected chi connectivity index (χ1v) is 6.83. The Kier molecular flexibility index (Phi) is 3.64. The second-order valence-electron chi connectivity index (χ2n) is 4.87. The number of anilines is 1. The number of aromatic nitrogens is 4. The second-order valence-corrected chi connectivity index (χ2v) is 4.87. The van der Waals surface area contributed by atoms with Crippen molar-refractivity contribution in [1.82, 2.24) is 19.7 Å². The van der Waals surface area contributed by atoms with E-state index in [-0.39, 0.29) is 0 Å². The van der Waals surface area contributed by atoms with Crippen LogP contribution in [0, 0.1) is 0 Å². The molecule has 2 heterocycles. The highest BCUT2D eigenvalue weighted by atomic mass is 15.2. The van der Waals surface area contributed by atoms with E-state index in [0.717, 1.165) is 22.9 Å². The van der Waals surface area contributed by atoms with Crippen molar-refractivity contribution in [3.8, 4) is 11.3 Å². The predicted molar refractivity (Wildman–Crippen MR) is 83.0 cm³/mol. The number of nitrogens with one attached hydrogen (secondary N) is 1. The van der Waals surface area contributed by atoms with E-state index in [0.29, 0.717) is 6.42 Å². The van der Waals surface area contributed by atoms with Crippen LogP contribution in [0.4, 0.5) is 5.82 Å². The van der Waals surface area contributed by atoms with Gasteiger partial charge in [0.1, 0.15) is 11.6 Å². The third-order valence-electron chi connectivity index (χ3n) is 3.23. The monoisotopic (exact) mass is 279 g/mol. The van der Waals surface area contributed by atoms with Gasteiger partial charge in [0.2, 0.25) is 0 Å². The molecule has 1 aromatic carbocycles. The summed E-state index contributed by atoms with van der Waals surface area (Å²) in [5.74, 6) is 1.61. The fraction of sp³-hybridized carbons (Fsp3) is 0.188. The van der Waals surface area contributed by atoms with Crippen molar-refractivity contribution >= 4 is 5.82 Å². The Bertz CT molecular complexity index is 733. The first-order valence-electron chi connectivity index (χ1n) is 6.83. The van der Waals surface area contributed by atoms with Crippen molar-refractivity contribution in [2.75, 3.05) is 12.4 Å². The molecule has 0 aliphatic carbocycles. The lowest BCUT2D eigenvalue weighted by molar-refractivity contribution is 0.768. The van der Waals surface area contributed by atoms with E-state index >= 15 is 0 Å². The minimum atomic E-state index is 0.712. The number of benzene rings is 1. The van der Waals surface area contributed by atoms with Crippen LogP contribution < -0.4 is 5.32 Å². The molecule has 5 heteroatoms. The van der Waals surface area contributed by atoms with E-state index in [1.807, 2.05) is 50.8 Å². The summed E-state index contributed by atoms with van der Waals surface area (Å²) in [5, 5.41) is 7.29. The van der Waals surface area contributed by atoms with Gasteiger partial charge in [-0.05, 0) is 5.56 Å². The summed E-state index contributed by atoms with van der Waals surface area (Å²) >= 11 is 0. The molecule has 0 saturated heterocycles. The zero-order valence-corrected chi connectivity index (χ0v) is 12.1. The van der Waals surface area contributed by atoms with Crippen LogP contribution in [0.1, 0.15) is 11.4 Å². The van der Waals surface area contributed by atoms with Gasteiger partial charge >= 0.3 is 0 Å². The van der Waals surface area contributed by atoms with Gasteiger partial charge in [0, 0.05) is 38.3 Å². The normalized spacial score (nSPS) is 10.6. The van der Waals surface area contributed by atoms with Gasteiger partial charge < -0.3 is 5.32 Å². The molecule has 2 aromatic heterocycles. The quantitative estimate of drug-likeness (QED) is 0.797. The zero-order valence-electron chi connectivity index (χ0n) is 12.1. The molecule has 0 radical (unpaired) electrons. The maximum Gasteiger partial charge on any atom is 0.135 e. The standard InChI is InChI=1S/C16H17N5/c1-17-15-9-14(13-10-18-21(2)11-13)19-16(20-15)8-12-6-4-3-5-7-12/h3-7,9-11H,8H2,1-2H3,(H,17,19,20). The molecular weight excluding hydrogens is 262 g/mol. The van der Waals surface area contributed by atoms with Crippen molar-refractivity contribution in [3.05, 3.63) is 60.2 Å². The summed E-state index contributed by atoms with van der Waals surface area (Å²) < 4.78 is 1.77. The summed E-state index contributed by atoms with van der Waals surface area (Å²) in [6.07, 6.45) is 4.48. The highest BCUT2D eigenvalue weighted by Crippen LogP contribution is 2.20.